The van der Waals surface area contributed by atoms with Crippen molar-refractivity contribution in [1.29, 1.82) is 5.26 Å². The van der Waals surface area contributed by atoms with Gasteiger partial charge in [-0.1, -0.05) is 19.9 Å². The van der Waals surface area contributed by atoms with Gasteiger partial charge in [0.25, 0.3) is 0 Å². The van der Waals surface area contributed by atoms with Crippen LogP contribution in [-0.2, 0) is 5.41 Å². The van der Waals surface area contributed by atoms with Crippen LogP contribution in [0.3, 0.4) is 0 Å². The number of nitriles is 1. The predicted octanol–water partition coefficient (Wildman–Crippen LogP) is 5.33. The molecule has 1 aromatic carbocycles. The Kier molecular flexibility index (Phi) is 8.64. The van der Waals surface area contributed by atoms with Crippen LogP contribution >= 0.6 is 11.3 Å². The van der Waals surface area contributed by atoms with E-state index in [0.29, 0.717) is 17.4 Å². The zero-order valence-corrected chi connectivity index (χ0v) is 19.7. The van der Waals surface area contributed by atoms with E-state index in [2.05, 4.69) is 34.6 Å². The van der Waals surface area contributed by atoms with Crippen LogP contribution in [0.15, 0.2) is 35.7 Å². The number of hydrogen-bond acceptors (Lipinski definition) is 5. The van der Waals surface area contributed by atoms with Gasteiger partial charge >= 0.3 is 0 Å². The summed E-state index contributed by atoms with van der Waals surface area (Å²) in [5, 5.41) is 12.7. The maximum atomic E-state index is 13.2. The van der Waals surface area contributed by atoms with Crippen molar-refractivity contribution in [2.75, 3.05) is 45.9 Å². The summed E-state index contributed by atoms with van der Waals surface area (Å²) >= 11 is 1.43. The molecular formula is C25H31FN4OS. The first-order valence-electron chi connectivity index (χ1n) is 11.2. The van der Waals surface area contributed by atoms with Gasteiger partial charge in [-0.15, -0.1) is 0 Å². The molecule has 0 bridgehead atoms. The average molecular weight is 455 g/mol. The summed E-state index contributed by atoms with van der Waals surface area (Å²) in [6.45, 7) is 17.8. The Morgan fingerprint density at radius 2 is 1.94 bits per heavy atom. The van der Waals surface area contributed by atoms with Crippen LogP contribution in [0.5, 0.6) is 5.75 Å². The van der Waals surface area contributed by atoms with E-state index in [1.165, 1.54) is 23.5 Å². The molecule has 0 saturated carbocycles. The molecule has 7 heteroatoms. The molecule has 0 spiro atoms. The number of hydrogen-bond donors (Lipinski definition) is 0. The molecule has 0 N–H and O–H groups in total. The summed E-state index contributed by atoms with van der Waals surface area (Å²) in [5.74, 6) is 0.486. The molecule has 1 aliphatic rings. The Morgan fingerprint density at radius 1 is 1.22 bits per heavy atom. The quantitative estimate of drug-likeness (QED) is 0.455. The molecule has 3 rings (SSSR count). The SMILES string of the molecule is [C-]#[N+]c1cc(C(C#N)(CCCN2CCN(CCOc3cccc(F)c3)CC2)C(C)C)cs1. The molecule has 2 aromatic rings. The fraction of sp³-hybridized carbons (Fsp3) is 0.520. The molecule has 1 atom stereocenters. The third-order valence-corrected chi connectivity index (χ3v) is 7.20. The highest BCUT2D eigenvalue weighted by Gasteiger charge is 2.36. The standard InChI is InChI=1S/C25H31FN4OS/c1-20(2)25(19-27,21-16-24(28-3)32-18-21)8-5-9-29-10-12-30(13-11-29)14-15-31-23-7-4-6-22(26)17-23/h4,6-7,16-18,20H,5,8-15H2,1-2H3. The molecule has 32 heavy (non-hydrogen) atoms. The molecule has 2 heterocycles. The maximum absolute atomic E-state index is 13.2. The van der Waals surface area contributed by atoms with Crippen molar-refractivity contribution in [1.82, 2.24) is 9.80 Å². The minimum absolute atomic E-state index is 0.190. The van der Waals surface area contributed by atoms with E-state index in [9.17, 15) is 9.65 Å². The highest BCUT2D eigenvalue weighted by atomic mass is 32.1. The third kappa shape index (κ3) is 6.07. The molecule has 1 aromatic heterocycles. The largest absolute Gasteiger partial charge is 0.492 e. The number of ether oxygens (including phenoxy) is 1. The lowest BCUT2D eigenvalue weighted by atomic mass is 9.70. The minimum atomic E-state index is -0.532. The van der Waals surface area contributed by atoms with E-state index in [0.717, 1.165) is 57.7 Å². The van der Waals surface area contributed by atoms with Gasteiger partial charge in [-0.2, -0.15) is 16.6 Å². The summed E-state index contributed by atoms with van der Waals surface area (Å²) in [4.78, 5) is 8.36. The van der Waals surface area contributed by atoms with Crippen LogP contribution in [-0.4, -0.2) is 55.7 Å². The summed E-state index contributed by atoms with van der Waals surface area (Å²) in [6.07, 6.45) is 1.76. The molecule has 1 fully saturated rings. The Hall–Kier alpha value is -2.45. The van der Waals surface area contributed by atoms with Crippen LogP contribution in [0.2, 0.25) is 0 Å². The van der Waals surface area contributed by atoms with E-state index in [1.807, 2.05) is 11.4 Å². The number of rotatable bonds is 10. The van der Waals surface area contributed by atoms with Crippen molar-refractivity contribution < 1.29 is 9.13 Å². The Labute approximate surface area is 194 Å². The van der Waals surface area contributed by atoms with Crippen LogP contribution in [0.25, 0.3) is 4.85 Å². The van der Waals surface area contributed by atoms with Crippen LogP contribution in [0.1, 0.15) is 32.3 Å². The Morgan fingerprint density at radius 3 is 2.53 bits per heavy atom. The van der Waals surface area contributed by atoms with Crippen molar-refractivity contribution >= 4 is 16.3 Å². The minimum Gasteiger partial charge on any atom is -0.492 e. The van der Waals surface area contributed by atoms with Gasteiger partial charge in [0.15, 0.2) is 0 Å². The number of thiophene rings is 1. The smallest absolute Gasteiger partial charge is 0.241 e. The highest BCUT2D eigenvalue weighted by molar-refractivity contribution is 7.14. The van der Waals surface area contributed by atoms with Crippen molar-refractivity contribution in [3.05, 3.63) is 58.5 Å². The van der Waals surface area contributed by atoms with E-state index < -0.39 is 5.41 Å². The molecule has 0 aliphatic carbocycles. The van der Waals surface area contributed by atoms with Crippen LogP contribution in [0, 0.1) is 29.6 Å². The molecule has 1 aliphatic heterocycles. The zero-order valence-electron chi connectivity index (χ0n) is 18.9. The van der Waals surface area contributed by atoms with Gasteiger partial charge in [0, 0.05) is 38.8 Å². The average Bonchev–Trinajstić information content (AvgIpc) is 3.27. The zero-order chi connectivity index (χ0) is 23.0. The van der Waals surface area contributed by atoms with E-state index in [-0.39, 0.29) is 11.7 Å². The van der Waals surface area contributed by atoms with Gasteiger partial charge in [0.1, 0.15) is 18.2 Å². The lowest BCUT2D eigenvalue weighted by Crippen LogP contribution is -2.47. The number of piperazine rings is 1. The Bertz CT molecular complexity index is 955. The monoisotopic (exact) mass is 454 g/mol. The molecule has 5 nitrogen and oxygen atoms in total. The highest BCUT2D eigenvalue weighted by Crippen LogP contribution is 2.40. The molecule has 170 valence electrons. The molecule has 1 saturated heterocycles. The van der Waals surface area contributed by atoms with Gasteiger partial charge in [-0.3, -0.25) is 4.90 Å². The van der Waals surface area contributed by atoms with Gasteiger partial charge in [0.2, 0.25) is 5.00 Å². The number of benzene rings is 1. The van der Waals surface area contributed by atoms with Crippen molar-refractivity contribution in [3.8, 4) is 11.8 Å². The summed E-state index contributed by atoms with van der Waals surface area (Å²) in [5.41, 5.74) is 0.462. The van der Waals surface area contributed by atoms with E-state index in [4.69, 9.17) is 11.3 Å². The summed E-state index contributed by atoms with van der Waals surface area (Å²) < 4.78 is 18.9. The fourth-order valence-electron chi connectivity index (χ4n) is 4.30. The lowest BCUT2D eigenvalue weighted by molar-refractivity contribution is 0.114. The fourth-order valence-corrected chi connectivity index (χ4v) is 5.07. The van der Waals surface area contributed by atoms with E-state index >= 15 is 0 Å². The second-order valence-corrected chi connectivity index (χ2v) is 9.51. The lowest BCUT2D eigenvalue weighted by Gasteiger charge is -2.36. The van der Waals surface area contributed by atoms with Crippen molar-refractivity contribution in [2.24, 2.45) is 5.92 Å². The number of nitrogens with zero attached hydrogens (tertiary/aromatic N) is 4. The first kappa shape index (κ1) is 24.2. The second-order valence-electron chi connectivity index (χ2n) is 8.62. The van der Waals surface area contributed by atoms with Gasteiger partial charge in [-0.25, -0.2) is 9.24 Å². The van der Waals surface area contributed by atoms with Gasteiger partial charge < -0.3 is 9.64 Å². The van der Waals surface area contributed by atoms with Gasteiger partial charge in [-0.05, 0) is 54.4 Å². The normalized spacial score (nSPS) is 16.9. The number of halogens is 1. The predicted molar refractivity (Wildman–Crippen MR) is 127 cm³/mol. The van der Waals surface area contributed by atoms with Crippen molar-refractivity contribution in [2.45, 2.75) is 32.1 Å². The van der Waals surface area contributed by atoms with Crippen molar-refractivity contribution in [3.63, 3.8) is 0 Å². The van der Waals surface area contributed by atoms with Gasteiger partial charge in [0.05, 0.1) is 18.1 Å². The van der Waals surface area contributed by atoms with Crippen LogP contribution < -0.4 is 4.74 Å². The summed E-state index contributed by atoms with van der Waals surface area (Å²) in [7, 11) is 0. The third-order valence-electron chi connectivity index (χ3n) is 6.38. The second kappa shape index (κ2) is 11.4. The molecular weight excluding hydrogens is 423 g/mol. The topological polar surface area (TPSA) is 43.9 Å². The Balaban J connectivity index is 1.42. The first-order chi connectivity index (χ1) is 15.5. The van der Waals surface area contributed by atoms with E-state index in [1.54, 1.807) is 12.1 Å². The molecule has 1 unspecified atom stereocenters. The first-order valence-corrected chi connectivity index (χ1v) is 12.1. The maximum Gasteiger partial charge on any atom is 0.241 e. The molecule has 0 amide bonds. The summed E-state index contributed by atoms with van der Waals surface area (Å²) in [6, 6.07) is 10.7. The van der Waals surface area contributed by atoms with Crippen LogP contribution in [0.4, 0.5) is 9.39 Å². The molecule has 0 radical (unpaired) electrons.